The van der Waals surface area contributed by atoms with Gasteiger partial charge in [-0.3, -0.25) is 0 Å². The van der Waals surface area contributed by atoms with E-state index >= 15 is 0 Å². The SMILES string of the molecule is [CH2]N(CCCN(C)C)CCCN(C)C. The minimum atomic E-state index is 1.10. The lowest BCUT2D eigenvalue weighted by Gasteiger charge is -2.18. The standard InChI is InChI=1S/C11H26N3/c1-12(2)8-6-10-14(5)11-7-9-13(3)4/h5-11H2,1-4H3. The molecule has 0 spiro atoms. The number of hydrogen-bond acceptors (Lipinski definition) is 3. The summed E-state index contributed by atoms with van der Waals surface area (Å²) >= 11 is 0. The summed E-state index contributed by atoms with van der Waals surface area (Å²) in [6.45, 7) is 4.51. The van der Waals surface area contributed by atoms with E-state index in [1.165, 1.54) is 12.8 Å². The molecular weight excluding hydrogens is 174 g/mol. The van der Waals surface area contributed by atoms with Gasteiger partial charge in [0.15, 0.2) is 0 Å². The molecule has 0 heterocycles. The van der Waals surface area contributed by atoms with Crippen LogP contribution in [0.2, 0.25) is 0 Å². The van der Waals surface area contributed by atoms with Crippen molar-refractivity contribution in [3.8, 4) is 0 Å². The van der Waals surface area contributed by atoms with Crippen molar-refractivity contribution in [2.24, 2.45) is 0 Å². The highest BCUT2D eigenvalue weighted by atomic mass is 15.1. The monoisotopic (exact) mass is 200 g/mol. The zero-order valence-electron chi connectivity index (χ0n) is 10.3. The van der Waals surface area contributed by atoms with Crippen LogP contribution in [0.4, 0.5) is 0 Å². The molecule has 0 aromatic heterocycles. The lowest BCUT2D eigenvalue weighted by Crippen LogP contribution is -2.25. The van der Waals surface area contributed by atoms with Gasteiger partial charge in [-0.05, 0) is 67.2 Å². The average Bonchev–Trinajstić information content (AvgIpc) is 2.02. The Morgan fingerprint density at radius 3 is 1.36 bits per heavy atom. The molecule has 1 radical (unpaired) electrons. The second-order valence-electron chi connectivity index (χ2n) is 4.43. The fourth-order valence-electron chi connectivity index (χ4n) is 1.33. The largest absolute Gasteiger partial charge is 0.309 e. The van der Waals surface area contributed by atoms with Crippen molar-refractivity contribution in [3.63, 3.8) is 0 Å². The summed E-state index contributed by atoms with van der Waals surface area (Å²) in [5.41, 5.74) is 0. The predicted octanol–water partition coefficient (Wildman–Crippen LogP) is 0.983. The van der Waals surface area contributed by atoms with Crippen molar-refractivity contribution in [3.05, 3.63) is 7.05 Å². The molecule has 3 nitrogen and oxygen atoms in total. The highest BCUT2D eigenvalue weighted by Gasteiger charge is 1.99. The molecule has 0 amide bonds. The summed E-state index contributed by atoms with van der Waals surface area (Å²) in [6.07, 6.45) is 2.41. The molecule has 14 heavy (non-hydrogen) atoms. The van der Waals surface area contributed by atoms with Crippen molar-refractivity contribution >= 4 is 0 Å². The van der Waals surface area contributed by atoms with Gasteiger partial charge in [-0.25, -0.2) is 0 Å². The molecule has 0 aliphatic rings. The van der Waals surface area contributed by atoms with Crippen LogP contribution in [0.5, 0.6) is 0 Å². The molecule has 3 heteroatoms. The van der Waals surface area contributed by atoms with E-state index in [1.807, 2.05) is 0 Å². The second-order valence-corrected chi connectivity index (χ2v) is 4.43. The van der Waals surface area contributed by atoms with Crippen LogP contribution in [0.15, 0.2) is 0 Å². The molecular formula is C11H26N3. The van der Waals surface area contributed by atoms with Gasteiger partial charge in [-0.2, -0.15) is 0 Å². The third-order valence-corrected chi connectivity index (χ3v) is 2.16. The van der Waals surface area contributed by atoms with Crippen LogP contribution >= 0.6 is 0 Å². The molecule has 0 fully saturated rings. The maximum atomic E-state index is 4.03. The fraction of sp³-hybridized carbons (Fsp3) is 0.909. The van der Waals surface area contributed by atoms with Gasteiger partial charge in [-0.15, -0.1) is 0 Å². The number of rotatable bonds is 8. The molecule has 0 saturated carbocycles. The Hall–Kier alpha value is -0.120. The molecule has 0 aliphatic carbocycles. The molecule has 0 saturated heterocycles. The van der Waals surface area contributed by atoms with Crippen molar-refractivity contribution in [1.82, 2.24) is 14.7 Å². The molecule has 0 unspecified atom stereocenters. The molecule has 0 aromatic rings. The summed E-state index contributed by atoms with van der Waals surface area (Å²) in [4.78, 5) is 6.61. The molecule has 0 rings (SSSR count). The first-order valence-corrected chi connectivity index (χ1v) is 5.37. The highest BCUT2D eigenvalue weighted by molar-refractivity contribution is 4.58. The maximum absolute atomic E-state index is 4.03. The van der Waals surface area contributed by atoms with Gasteiger partial charge in [-0.1, -0.05) is 0 Å². The molecule has 0 N–H and O–H groups in total. The number of hydrogen-bond donors (Lipinski definition) is 0. The van der Waals surface area contributed by atoms with E-state index in [9.17, 15) is 0 Å². The summed E-state index contributed by atoms with van der Waals surface area (Å²) in [7, 11) is 12.5. The van der Waals surface area contributed by atoms with E-state index in [-0.39, 0.29) is 0 Å². The Labute approximate surface area is 89.7 Å². The first kappa shape index (κ1) is 13.9. The van der Waals surface area contributed by atoms with Gasteiger partial charge >= 0.3 is 0 Å². The Morgan fingerprint density at radius 2 is 1.07 bits per heavy atom. The van der Waals surface area contributed by atoms with Crippen molar-refractivity contribution in [1.29, 1.82) is 0 Å². The van der Waals surface area contributed by atoms with Gasteiger partial charge < -0.3 is 14.7 Å². The van der Waals surface area contributed by atoms with Crippen LogP contribution in [0.3, 0.4) is 0 Å². The summed E-state index contributed by atoms with van der Waals surface area (Å²) in [5.74, 6) is 0. The maximum Gasteiger partial charge on any atom is 0.0109 e. The van der Waals surface area contributed by atoms with E-state index in [0.717, 1.165) is 26.2 Å². The summed E-state index contributed by atoms with van der Waals surface area (Å²) < 4.78 is 0. The third-order valence-electron chi connectivity index (χ3n) is 2.16. The first-order chi connectivity index (χ1) is 6.52. The van der Waals surface area contributed by atoms with Crippen LogP contribution in [-0.4, -0.2) is 69.1 Å². The molecule has 0 aliphatic heterocycles. The number of nitrogens with zero attached hydrogens (tertiary/aromatic N) is 3. The zero-order valence-corrected chi connectivity index (χ0v) is 10.3. The topological polar surface area (TPSA) is 9.72 Å². The quantitative estimate of drug-likeness (QED) is 0.578. The molecule has 85 valence electrons. The summed E-state index contributed by atoms with van der Waals surface area (Å²) in [6, 6.07) is 0. The average molecular weight is 200 g/mol. The smallest absolute Gasteiger partial charge is 0.0109 e. The van der Waals surface area contributed by atoms with Gasteiger partial charge in [0, 0.05) is 7.05 Å². The first-order valence-electron chi connectivity index (χ1n) is 5.37. The second kappa shape index (κ2) is 8.21. The van der Waals surface area contributed by atoms with Gasteiger partial charge in [0.25, 0.3) is 0 Å². The van der Waals surface area contributed by atoms with Gasteiger partial charge in [0.1, 0.15) is 0 Å². The lowest BCUT2D eigenvalue weighted by atomic mass is 10.3. The normalized spacial score (nSPS) is 12.0. The van der Waals surface area contributed by atoms with Crippen molar-refractivity contribution in [2.75, 3.05) is 54.4 Å². The van der Waals surface area contributed by atoms with Crippen LogP contribution in [0.1, 0.15) is 12.8 Å². The van der Waals surface area contributed by atoms with E-state index in [4.69, 9.17) is 0 Å². The summed E-state index contributed by atoms with van der Waals surface area (Å²) in [5, 5.41) is 0. The fourth-order valence-corrected chi connectivity index (χ4v) is 1.33. The van der Waals surface area contributed by atoms with Crippen LogP contribution in [-0.2, 0) is 0 Å². The molecule has 0 aromatic carbocycles. The van der Waals surface area contributed by atoms with Crippen LogP contribution in [0.25, 0.3) is 0 Å². The van der Waals surface area contributed by atoms with Crippen molar-refractivity contribution < 1.29 is 0 Å². The van der Waals surface area contributed by atoms with Crippen LogP contribution < -0.4 is 0 Å². The molecule has 0 bridgehead atoms. The minimum absolute atomic E-state index is 1.10. The Balaban J connectivity index is 3.23. The Morgan fingerprint density at radius 1 is 0.714 bits per heavy atom. The van der Waals surface area contributed by atoms with E-state index in [0.29, 0.717) is 0 Å². The highest BCUT2D eigenvalue weighted by Crippen LogP contribution is 1.93. The lowest BCUT2D eigenvalue weighted by molar-refractivity contribution is 0.301. The van der Waals surface area contributed by atoms with Gasteiger partial charge in [0.2, 0.25) is 0 Å². The van der Waals surface area contributed by atoms with E-state index in [1.54, 1.807) is 0 Å². The predicted molar refractivity (Wildman–Crippen MR) is 63.3 cm³/mol. The van der Waals surface area contributed by atoms with Gasteiger partial charge in [0.05, 0.1) is 0 Å². The molecule has 0 atom stereocenters. The van der Waals surface area contributed by atoms with E-state index < -0.39 is 0 Å². The van der Waals surface area contributed by atoms with Crippen molar-refractivity contribution in [2.45, 2.75) is 12.8 Å². The van der Waals surface area contributed by atoms with E-state index in [2.05, 4.69) is 49.9 Å². The minimum Gasteiger partial charge on any atom is -0.309 e. The zero-order chi connectivity index (χ0) is 11.0. The van der Waals surface area contributed by atoms with Crippen LogP contribution in [0, 0.1) is 7.05 Å². The third kappa shape index (κ3) is 9.96. The Kier molecular flexibility index (Phi) is 8.14. The Bertz CT molecular complexity index is 110.